The maximum Gasteiger partial charge on any atom is 0.339 e. The van der Waals surface area contributed by atoms with Gasteiger partial charge in [0, 0.05) is 12.7 Å². The van der Waals surface area contributed by atoms with Crippen molar-refractivity contribution in [1.82, 2.24) is 20.3 Å². The Labute approximate surface area is 212 Å². The molecule has 3 heterocycles. The summed E-state index contributed by atoms with van der Waals surface area (Å²) in [6.45, 7) is 3.01. The Kier molecular flexibility index (Phi) is 7.74. The lowest BCUT2D eigenvalue weighted by atomic mass is 10.0. The average molecular weight is 503 g/mol. The minimum atomic E-state index is -1.15. The molecule has 2 amide bonds. The first-order valence-electron chi connectivity index (χ1n) is 11.5. The summed E-state index contributed by atoms with van der Waals surface area (Å²) in [5, 5.41) is 14.6. The quantitative estimate of drug-likeness (QED) is 0.268. The Hall–Kier alpha value is -4.77. The number of carboxylic acids is 1. The van der Waals surface area contributed by atoms with Crippen molar-refractivity contribution >= 4 is 34.5 Å². The van der Waals surface area contributed by atoms with Crippen LogP contribution >= 0.6 is 0 Å². The maximum absolute atomic E-state index is 12.5. The summed E-state index contributed by atoms with van der Waals surface area (Å²) in [6, 6.07) is 15.5. The van der Waals surface area contributed by atoms with Gasteiger partial charge in [-0.15, -0.1) is 0 Å². The third-order valence-corrected chi connectivity index (χ3v) is 5.76. The van der Waals surface area contributed by atoms with E-state index in [-0.39, 0.29) is 41.3 Å². The number of anilines is 1. The molecule has 1 aliphatic rings. The maximum atomic E-state index is 12.5. The van der Waals surface area contributed by atoms with Crippen LogP contribution in [0.4, 0.5) is 5.69 Å². The van der Waals surface area contributed by atoms with E-state index in [1.54, 1.807) is 18.2 Å². The van der Waals surface area contributed by atoms with Crippen LogP contribution < -0.4 is 21.1 Å². The van der Waals surface area contributed by atoms with E-state index in [9.17, 15) is 14.4 Å². The van der Waals surface area contributed by atoms with Gasteiger partial charge in [0.1, 0.15) is 23.2 Å². The SMILES string of the molecule is C[C@@H](CN)c1ccccc1.O=C1COc2ccc(CNC(=O)c3ncnc4c(C(=O)O)c[nH]c34)cc2N1. The molecule has 0 radical (unpaired) electrons. The fourth-order valence-electron chi connectivity index (χ4n) is 3.70. The first-order chi connectivity index (χ1) is 17.9. The third-order valence-electron chi connectivity index (χ3n) is 5.76. The number of ether oxygens (including phenoxy) is 1. The molecule has 0 fully saturated rings. The second-order valence-corrected chi connectivity index (χ2v) is 8.35. The Morgan fingerprint density at radius 3 is 2.70 bits per heavy atom. The number of nitrogens with one attached hydrogen (secondary N) is 3. The third kappa shape index (κ3) is 5.90. The molecule has 190 valence electrons. The predicted molar refractivity (Wildman–Crippen MR) is 136 cm³/mol. The fourth-order valence-corrected chi connectivity index (χ4v) is 3.70. The fraction of sp³-hybridized carbons (Fsp3) is 0.192. The second-order valence-electron chi connectivity index (χ2n) is 8.35. The largest absolute Gasteiger partial charge is 0.482 e. The molecule has 0 saturated carbocycles. The molecular weight excluding hydrogens is 476 g/mol. The number of nitrogens with zero attached hydrogens (tertiary/aromatic N) is 2. The lowest BCUT2D eigenvalue weighted by Crippen LogP contribution is -2.26. The van der Waals surface area contributed by atoms with Gasteiger partial charge in [0.15, 0.2) is 12.3 Å². The number of fused-ring (bicyclic) bond motifs is 2. The molecule has 4 aromatic rings. The van der Waals surface area contributed by atoms with Gasteiger partial charge in [-0.2, -0.15) is 0 Å². The molecule has 0 saturated heterocycles. The van der Waals surface area contributed by atoms with Crippen LogP contribution in [0.25, 0.3) is 11.0 Å². The lowest BCUT2D eigenvalue weighted by Gasteiger charge is -2.18. The number of carbonyl (C=O) groups is 3. The number of nitrogens with two attached hydrogens (primary N) is 1. The monoisotopic (exact) mass is 502 g/mol. The summed E-state index contributed by atoms with van der Waals surface area (Å²) in [4.78, 5) is 45.7. The summed E-state index contributed by atoms with van der Waals surface area (Å²) in [5.41, 5.74) is 8.53. The average Bonchev–Trinajstić information content (AvgIpc) is 3.36. The molecule has 2 aromatic heterocycles. The number of hydrogen-bond acceptors (Lipinski definition) is 7. The summed E-state index contributed by atoms with van der Waals surface area (Å²) in [7, 11) is 0. The van der Waals surface area contributed by atoms with Crippen LogP contribution in [0.5, 0.6) is 5.75 Å². The predicted octanol–water partition coefficient (Wildman–Crippen LogP) is 2.67. The molecule has 1 atom stereocenters. The van der Waals surface area contributed by atoms with E-state index in [1.807, 2.05) is 18.2 Å². The molecule has 0 bridgehead atoms. The van der Waals surface area contributed by atoms with Crippen LogP contribution in [-0.2, 0) is 11.3 Å². The Morgan fingerprint density at radius 2 is 1.97 bits per heavy atom. The van der Waals surface area contributed by atoms with Gasteiger partial charge >= 0.3 is 5.97 Å². The van der Waals surface area contributed by atoms with Crippen LogP contribution in [0.15, 0.2) is 61.1 Å². The molecule has 0 unspecified atom stereocenters. The van der Waals surface area contributed by atoms with E-state index in [2.05, 4.69) is 44.6 Å². The normalized spacial score (nSPS) is 12.9. The number of rotatable bonds is 6. The molecule has 6 N–H and O–H groups in total. The van der Waals surface area contributed by atoms with Crippen molar-refractivity contribution in [2.24, 2.45) is 5.73 Å². The zero-order valence-electron chi connectivity index (χ0n) is 20.0. The summed E-state index contributed by atoms with van der Waals surface area (Å²) in [5.74, 6) is -0.826. The van der Waals surface area contributed by atoms with Gasteiger partial charge in [0.25, 0.3) is 11.8 Å². The lowest BCUT2D eigenvalue weighted by molar-refractivity contribution is -0.118. The van der Waals surface area contributed by atoms with Gasteiger partial charge in [-0.1, -0.05) is 43.3 Å². The van der Waals surface area contributed by atoms with E-state index in [1.165, 1.54) is 11.8 Å². The standard InChI is InChI=1S/C17H13N5O5.C9H13N/c23-12-6-27-11-2-1-8(3-10(11)22-12)4-19-16(24)15-14-13(20-7-21-15)9(5-18-14)17(25)26;1-8(7-10)9-5-3-2-4-6-9/h1-3,5,7,18H,4,6H2,(H,19,24)(H,22,23)(H,25,26);2-6,8H,7,10H2,1H3/t;8-/m.0/s1. The Bertz CT molecular complexity index is 1440. The molecular formula is C26H26N6O5. The van der Waals surface area contributed by atoms with Crippen molar-refractivity contribution in [2.45, 2.75) is 19.4 Å². The zero-order valence-corrected chi connectivity index (χ0v) is 20.0. The van der Waals surface area contributed by atoms with Crippen molar-refractivity contribution in [3.8, 4) is 5.75 Å². The Balaban J connectivity index is 0.000000270. The first kappa shape index (κ1) is 25.3. The topological polar surface area (TPSA) is 172 Å². The number of aromatic carboxylic acids is 1. The van der Waals surface area contributed by atoms with E-state index >= 15 is 0 Å². The van der Waals surface area contributed by atoms with Crippen molar-refractivity contribution in [3.05, 3.63) is 83.4 Å². The molecule has 11 nitrogen and oxygen atoms in total. The van der Waals surface area contributed by atoms with Gasteiger partial charge < -0.3 is 31.2 Å². The van der Waals surface area contributed by atoms with Gasteiger partial charge in [0.2, 0.25) is 0 Å². The minimum absolute atomic E-state index is 0.0265. The molecule has 5 rings (SSSR count). The number of hydrogen-bond donors (Lipinski definition) is 5. The highest BCUT2D eigenvalue weighted by Gasteiger charge is 2.20. The molecule has 11 heteroatoms. The highest BCUT2D eigenvalue weighted by molar-refractivity contribution is 6.08. The number of aromatic amines is 1. The number of benzene rings is 2. The van der Waals surface area contributed by atoms with Crippen molar-refractivity contribution in [2.75, 3.05) is 18.5 Å². The minimum Gasteiger partial charge on any atom is -0.482 e. The van der Waals surface area contributed by atoms with Gasteiger partial charge in [-0.05, 0) is 35.7 Å². The Morgan fingerprint density at radius 1 is 1.19 bits per heavy atom. The van der Waals surface area contributed by atoms with E-state index < -0.39 is 11.9 Å². The van der Waals surface area contributed by atoms with Gasteiger partial charge in [-0.3, -0.25) is 9.59 Å². The van der Waals surface area contributed by atoms with Crippen LogP contribution in [0.2, 0.25) is 0 Å². The highest BCUT2D eigenvalue weighted by atomic mass is 16.5. The molecule has 37 heavy (non-hydrogen) atoms. The summed E-state index contributed by atoms with van der Waals surface area (Å²) < 4.78 is 5.29. The van der Waals surface area contributed by atoms with E-state index in [0.29, 0.717) is 17.4 Å². The van der Waals surface area contributed by atoms with Crippen LogP contribution in [0, 0.1) is 0 Å². The molecule has 1 aliphatic heterocycles. The highest BCUT2D eigenvalue weighted by Crippen LogP contribution is 2.28. The molecule has 0 spiro atoms. The number of aromatic nitrogens is 3. The van der Waals surface area contributed by atoms with Crippen LogP contribution in [0.1, 0.15) is 44.8 Å². The number of carbonyl (C=O) groups excluding carboxylic acids is 2. The van der Waals surface area contributed by atoms with Crippen molar-refractivity contribution in [3.63, 3.8) is 0 Å². The van der Waals surface area contributed by atoms with E-state index in [4.69, 9.17) is 15.6 Å². The van der Waals surface area contributed by atoms with Crippen LogP contribution in [0.3, 0.4) is 0 Å². The molecule has 2 aromatic carbocycles. The van der Waals surface area contributed by atoms with E-state index in [0.717, 1.165) is 18.4 Å². The van der Waals surface area contributed by atoms with Crippen molar-refractivity contribution in [1.29, 1.82) is 0 Å². The second kappa shape index (κ2) is 11.3. The zero-order chi connectivity index (χ0) is 26.4. The molecule has 0 aliphatic carbocycles. The first-order valence-corrected chi connectivity index (χ1v) is 11.5. The number of H-pyrrole nitrogens is 1. The van der Waals surface area contributed by atoms with Crippen molar-refractivity contribution < 1.29 is 24.2 Å². The van der Waals surface area contributed by atoms with Gasteiger partial charge in [-0.25, -0.2) is 14.8 Å². The number of amides is 2. The summed E-state index contributed by atoms with van der Waals surface area (Å²) >= 11 is 0. The van der Waals surface area contributed by atoms with Crippen LogP contribution in [-0.4, -0.2) is 51.0 Å². The summed E-state index contributed by atoms with van der Waals surface area (Å²) in [6.07, 6.45) is 2.41. The van der Waals surface area contributed by atoms with Gasteiger partial charge in [0.05, 0.1) is 11.2 Å². The number of carboxylic acid groups (broad SMARTS) is 1. The smallest absolute Gasteiger partial charge is 0.339 e.